The number of hydrogen-bond acceptors (Lipinski definition) is 3. The summed E-state index contributed by atoms with van der Waals surface area (Å²) in [6, 6.07) is 1.76. The lowest BCUT2D eigenvalue weighted by Gasteiger charge is -2.14. The van der Waals surface area contributed by atoms with Crippen molar-refractivity contribution in [3.05, 3.63) is 24.0 Å². The molecule has 0 radical (unpaired) electrons. The smallest absolute Gasteiger partial charge is 0.248 e. The summed E-state index contributed by atoms with van der Waals surface area (Å²) in [5.41, 5.74) is 6.41. The molecule has 1 aliphatic rings. The zero-order valence-corrected chi connectivity index (χ0v) is 6.66. The second kappa shape index (κ2) is 2.04. The molecule has 0 bridgehead atoms. The van der Waals surface area contributed by atoms with E-state index in [0.717, 1.165) is 5.56 Å². The van der Waals surface area contributed by atoms with E-state index < -0.39 is 5.54 Å². The van der Waals surface area contributed by atoms with Gasteiger partial charge < -0.3 is 11.1 Å². The van der Waals surface area contributed by atoms with Gasteiger partial charge in [-0.2, -0.15) is 0 Å². The van der Waals surface area contributed by atoms with E-state index in [1.165, 1.54) is 0 Å². The maximum atomic E-state index is 11.3. The van der Waals surface area contributed by atoms with Crippen LogP contribution >= 0.6 is 0 Å². The topological polar surface area (TPSA) is 68.0 Å². The highest BCUT2D eigenvalue weighted by molar-refractivity contribution is 6.05. The van der Waals surface area contributed by atoms with Crippen LogP contribution in [0.15, 0.2) is 18.5 Å². The molecular formula is C8H9N3O. The van der Waals surface area contributed by atoms with Crippen LogP contribution in [-0.4, -0.2) is 10.9 Å². The summed E-state index contributed by atoms with van der Waals surface area (Å²) in [5, 5.41) is 2.66. The van der Waals surface area contributed by atoms with Crippen LogP contribution in [0.1, 0.15) is 12.5 Å². The van der Waals surface area contributed by atoms with Gasteiger partial charge in [-0.05, 0) is 13.0 Å². The Morgan fingerprint density at radius 3 is 3.08 bits per heavy atom. The van der Waals surface area contributed by atoms with Gasteiger partial charge in [-0.15, -0.1) is 0 Å². The van der Waals surface area contributed by atoms with Crippen molar-refractivity contribution in [3.63, 3.8) is 0 Å². The van der Waals surface area contributed by atoms with Crippen LogP contribution in [-0.2, 0) is 10.3 Å². The molecule has 2 rings (SSSR count). The molecule has 0 spiro atoms. The van der Waals surface area contributed by atoms with E-state index in [4.69, 9.17) is 5.73 Å². The van der Waals surface area contributed by atoms with Crippen molar-refractivity contribution in [2.24, 2.45) is 5.73 Å². The number of aromatic nitrogens is 1. The molecule has 1 aromatic heterocycles. The molecule has 62 valence electrons. The Morgan fingerprint density at radius 1 is 1.67 bits per heavy atom. The van der Waals surface area contributed by atoms with Crippen molar-refractivity contribution >= 4 is 11.6 Å². The second-order valence-corrected chi connectivity index (χ2v) is 3.08. The third kappa shape index (κ3) is 0.753. The Labute approximate surface area is 69.8 Å². The molecule has 3 N–H and O–H groups in total. The van der Waals surface area contributed by atoms with Gasteiger partial charge in [0, 0.05) is 11.8 Å². The SMILES string of the molecule is CC1(N)C(=O)Nc2cnccc21. The van der Waals surface area contributed by atoms with Crippen LogP contribution in [0, 0.1) is 0 Å². The van der Waals surface area contributed by atoms with E-state index in [9.17, 15) is 4.79 Å². The van der Waals surface area contributed by atoms with Gasteiger partial charge >= 0.3 is 0 Å². The van der Waals surface area contributed by atoms with Gasteiger partial charge in [0.1, 0.15) is 5.54 Å². The van der Waals surface area contributed by atoms with Crippen molar-refractivity contribution in [1.82, 2.24) is 4.98 Å². The van der Waals surface area contributed by atoms with E-state index in [-0.39, 0.29) is 5.91 Å². The molecule has 4 nitrogen and oxygen atoms in total. The Kier molecular flexibility index (Phi) is 1.23. The quantitative estimate of drug-likeness (QED) is 0.574. The van der Waals surface area contributed by atoms with Crippen molar-refractivity contribution in [2.45, 2.75) is 12.5 Å². The molecule has 0 aliphatic carbocycles. The molecule has 0 saturated heterocycles. The Balaban J connectivity index is 2.63. The zero-order chi connectivity index (χ0) is 8.77. The first kappa shape index (κ1) is 7.24. The minimum absolute atomic E-state index is 0.175. The first-order valence-electron chi connectivity index (χ1n) is 3.67. The van der Waals surface area contributed by atoms with E-state index in [2.05, 4.69) is 10.3 Å². The summed E-state index contributed by atoms with van der Waals surface area (Å²) in [6.45, 7) is 1.69. The molecule has 1 aromatic rings. The molecule has 1 amide bonds. The van der Waals surface area contributed by atoms with Crippen LogP contribution < -0.4 is 11.1 Å². The maximum Gasteiger partial charge on any atom is 0.248 e. The number of nitrogens with two attached hydrogens (primary N) is 1. The lowest BCUT2D eigenvalue weighted by atomic mass is 9.96. The fraction of sp³-hybridized carbons (Fsp3) is 0.250. The number of nitrogens with one attached hydrogen (secondary N) is 1. The van der Waals surface area contributed by atoms with Gasteiger partial charge in [0.05, 0.1) is 11.9 Å². The van der Waals surface area contributed by atoms with Crippen molar-refractivity contribution in [3.8, 4) is 0 Å². The number of fused-ring (bicyclic) bond motifs is 1. The first-order chi connectivity index (χ1) is 5.62. The molecule has 1 aliphatic heterocycles. The molecule has 1 atom stereocenters. The van der Waals surface area contributed by atoms with Gasteiger partial charge in [0.15, 0.2) is 0 Å². The predicted molar refractivity (Wildman–Crippen MR) is 44.4 cm³/mol. The van der Waals surface area contributed by atoms with Crippen molar-refractivity contribution in [2.75, 3.05) is 5.32 Å². The molecule has 0 aromatic carbocycles. The van der Waals surface area contributed by atoms with Gasteiger partial charge in [0.2, 0.25) is 5.91 Å². The number of carbonyl (C=O) groups excluding carboxylic acids is 1. The van der Waals surface area contributed by atoms with E-state index in [1.54, 1.807) is 25.4 Å². The van der Waals surface area contributed by atoms with Gasteiger partial charge in [0.25, 0.3) is 0 Å². The highest BCUT2D eigenvalue weighted by atomic mass is 16.2. The first-order valence-corrected chi connectivity index (χ1v) is 3.67. The van der Waals surface area contributed by atoms with E-state index in [1.807, 2.05) is 0 Å². The summed E-state index contributed by atoms with van der Waals surface area (Å²) in [6.07, 6.45) is 3.23. The third-order valence-electron chi connectivity index (χ3n) is 2.10. The molecule has 0 saturated carbocycles. The standard InChI is InChI=1S/C8H9N3O/c1-8(9)5-2-3-10-4-6(5)11-7(8)12/h2-4H,9H2,1H3,(H,11,12). The second-order valence-electron chi connectivity index (χ2n) is 3.08. The van der Waals surface area contributed by atoms with Crippen LogP contribution in [0.3, 0.4) is 0 Å². The summed E-state index contributed by atoms with van der Waals surface area (Å²) in [5.74, 6) is -0.175. The average molecular weight is 163 g/mol. The molecule has 0 fully saturated rings. The summed E-state index contributed by atoms with van der Waals surface area (Å²) in [4.78, 5) is 15.2. The largest absolute Gasteiger partial charge is 0.323 e. The monoisotopic (exact) mass is 163 g/mol. The average Bonchev–Trinajstić information content (AvgIpc) is 2.25. The van der Waals surface area contributed by atoms with Gasteiger partial charge in [-0.25, -0.2) is 0 Å². The molecule has 1 unspecified atom stereocenters. The fourth-order valence-corrected chi connectivity index (χ4v) is 1.32. The Hall–Kier alpha value is -1.42. The minimum Gasteiger partial charge on any atom is -0.323 e. The number of nitrogens with zero attached hydrogens (tertiary/aromatic N) is 1. The number of rotatable bonds is 0. The number of hydrogen-bond donors (Lipinski definition) is 2. The lowest BCUT2D eigenvalue weighted by molar-refractivity contribution is -0.120. The lowest BCUT2D eigenvalue weighted by Crippen LogP contribution is -2.40. The van der Waals surface area contributed by atoms with Crippen LogP contribution in [0.4, 0.5) is 5.69 Å². The van der Waals surface area contributed by atoms with E-state index in [0.29, 0.717) is 5.69 Å². The van der Waals surface area contributed by atoms with Crippen molar-refractivity contribution in [1.29, 1.82) is 0 Å². The summed E-state index contributed by atoms with van der Waals surface area (Å²) < 4.78 is 0. The Morgan fingerprint density at radius 2 is 2.42 bits per heavy atom. The Bertz CT molecular complexity index is 346. The maximum absolute atomic E-state index is 11.3. The number of amides is 1. The van der Waals surface area contributed by atoms with Crippen LogP contribution in [0.25, 0.3) is 0 Å². The fourth-order valence-electron chi connectivity index (χ4n) is 1.32. The van der Waals surface area contributed by atoms with Crippen molar-refractivity contribution < 1.29 is 4.79 Å². The van der Waals surface area contributed by atoms with Gasteiger partial charge in [-0.1, -0.05) is 0 Å². The number of carbonyl (C=O) groups is 1. The van der Waals surface area contributed by atoms with E-state index >= 15 is 0 Å². The molecule has 4 heteroatoms. The summed E-state index contributed by atoms with van der Waals surface area (Å²) in [7, 11) is 0. The minimum atomic E-state index is -0.904. The van der Waals surface area contributed by atoms with Crippen LogP contribution in [0.2, 0.25) is 0 Å². The number of anilines is 1. The highest BCUT2D eigenvalue weighted by Gasteiger charge is 2.38. The molecule has 2 heterocycles. The normalized spacial score (nSPS) is 26.7. The van der Waals surface area contributed by atoms with Crippen LogP contribution in [0.5, 0.6) is 0 Å². The molecule has 12 heavy (non-hydrogen) atoms. The third-order valence-corrected chi connectivity index (χ3v) is 2.10. The number of pyridine rings is 1. The molecular weight excluding hydrogens is 154 g/mol. The highest BCUT2D eigenvalue weighted by Crippen LogP contribution is 2.32. The predicted octanol–water partition coefficient (Wildman–Crippen LogP) is 0.208. The van der Waals surface area contributed by atoms with Gasteiger partial charge in [-0.3, -0.25) is 9.78 Å². The zero-order valence-electron chi connectivity index (χ0n) is 6.66. The summed E-state index contributed by atoms with van der Waals surface area (Å²) >= 11 is 0.